The molecule has 3 N–H and O–H groups in total. The van der Waals surface area contributed by atoms with Crippen molar-refractivity contribution < 1.29 is 19.6 Å². The van der Waals surface area contributed by atoms with Gasteiger partial charge >= 0.3 is 13.1 Å². The summed E-state index contributed by atoms with van der Waals surface area (Å²) in [4.78, 5) is 15.6. The molecule has 0 saturated carbocycles. The van der Waals surface area contributed by atoms with Gasteiger partial charge in [-0.25, -0.2) is 4.79 Å². The summed E-state index contributed by atoms with van der Waals surface area (Å²) < 4.78 is 7.86. The van der Waals surface area contributed by atoms with Crippen molar-refractivity contribution in [2.75, 3.05) is 0 Å². The third-order valence-electron chi connectivity index (χ3n) is 4.76. The van der Waals surface area contributed by atoms with Crippen LogP contribution in [0.3, 0.4) is 0 Å². The maximum Gasteiger partial charge on any atom is 0.505 e. The highest BCUT2D eigenvalue weighted by molar-refractivity contribution is 6.58. The van der Waals surface area contributed by atoms with E-state index in [1.807, 2.05) is 44.3 Å². The van der Waals surface area contributed by atoms with Crippen molar-refractivity contribution in [1.29, 1.82) is 0 Å². The van der Waals surface area contributed by atoms with Gasteiger partial charge < -0.3 is 24.3 Å². The van der Waals surface area contributed by atoms with Crippen molar-refractivity contribution in [2.24, 2.45) is 0 Å². The summed E-state index contributed by atoms with van der Waals surface area (Å²) in [5.41, 5.74) is 1.79. The molecule has 4 rings (SSSR count). The molecule has 7 heteroatoms. The quantitative estimate of drug-likeness (QED) is 0.369. The fourth-order valence-electron chi connectivity index (χ4n) is 3.45. The van der Waals surface area contributed by atoms with E-state index in [0.29, 0.717) is 17.5 Å². The number of hydrogen-bond donors (Lipinski definition) is 3. The number of nitrogens with one attached hydrogen (secondary N) is 1. The van der Waals surface area contributed by atoms with Crippen molar-refractivity contribution in [3.8, 4) is 0 Å². The van der Waals surface area contributed by atoms with E-state index in [4.69, 9.17) is 4.74 Å². The van der Waals surface area contributed by atoms with Crippen molar-refractivity contribution >= 4 is 40.5 Å². The molecule has 0 fully saturated rings. The topological polar surface area (TPSA) is 87.5 Å². The molecule has 0 aliphatic rings. The number of para-hydroxylation sites is 1. The van der Waals surface area contributed by atoms with Gasteiger partial charge in [0.15, 0.2) is 0 Å². The third-order valence-corrected chi connectivity index (χ3v) is 4.76. The average Bonchev–Trinajstić information content (AvgIpc) is 3.25. The van der Waals surface area contributed by atoms with Crippen molar-refractivity contribution in [3.63, 3.8) is 0 Å². The maximum atomic E-state index is 12.7. The number of carbonyl (C=O) groups excluding carboxylic acids is 1. The van der Waals surface area contributed by atoms with E-state index >= 15 is 0 Å². The molecule has 0 amide bonds. The number of aromatic amines is 1. The van der Waals surface area contributed by atoms with Crippen LogP contribution >= 0.6 is 0 Å². The molecule has 4 aromatic rings. The highest BCUT2D eigenvalue weighted by Gasteiger charge is 2.25. The molecule has 142 valence electrons. The normalized spacial score (nSPS) is 11.9. The van der Waals surface area contributed by atoms with Gasteiger partial charge in [-0.1, -0.05) is 18.2 Å². The Bertz CT molecular complexity index is 1160. The molecule has 6 nitrogen and oxygen atoms in total. The van der Waals surface area contributed by atoms with Crippen LogP contribution in [-0.2, 0) is 11.3 Å². The van der Waals surface area contributed by atoms with E-state index < -0.39 is 18.7 Å². The van der Waals surface area contributed by atoms with E-state index in [1.54, 1.807) is 24.3 Å². The van der Waals surface area contributed by atoms with Gasteiger partial charge in [0.2, 0.25) is 0 Å². The first-order valence-electron chi connectivity index (χ1n) is 9.08. The second kappa shape index (κ2) is 6.85. The number of benzene rings is 2. The number of aromatic nitrogens is 2. The lowest BCUT2D eigenvalue weighted by atomic mass is 9.86. The Kier molecular flexibility index (Phi) is 4.49. The number of hydrogen-bond acceptors (Lipinski definition) is 4. The van der Waals surface area contributed by atoms with E-state index in [0.717, 1.165) is 16.4 Å². The molecule has 0 saturated heterocycles. The molecule has 0 aliphatic carbocycles. The van der Waals surface area contributed by atoms with Gasteiger partial charge in [0, 0.05) is 22.8 Å². The van der Waals surface area contributed by atoms with E-state index in [2.05, 4.69) is 15.6 Å². The average molecular weight is 376 g/mol. The summed E-state index contributed by atoms with van der Waals surface area (Å²) in [6, 6.07) is 16.8. The van der Waals surface area contributed by atoms with Gasteiger partial charge in [-0.3, -0.25) is 0 Å². The Morgan fingerprint density at radius 1 is 1.11 bits per heavy atom. The van der Waals surface area contributed by atoms with Gasteiger partial charge in [-0.2, -0.15) is 0 Å². The summed E-state index contributed by atoms with van der Waals surface area (Å²) in [7, 11) is -1.59. The molecule has 0 unspecified atom stereocenters. The number of nitrogens with zero attached hydrogens (tertiary/aromatic N) is 1. The molecule has 2 aromatic carbocycles. The number of fused-ring (bicyclic) bond motifs is 2. The second-order valence-corrected chi connectivity index (χ2v) is 7.55. The van der Waals surface area contributed by atoms with Gasteiger partial charge in [0.25, 0.3) is 0 Å². The summed E-state index contributed by atoms with van der Waals surface area (Å²) in [6.45, 7) is 4.29. The highest BCUT2D eigenvalue weighted by Crippen LogP contribution is 2.22. The van der Waals surface area contributed by atoms with Gasteiger partial charge in [0.1, 0.15) is 5.60 Å². The van der Waals surface area contributed by atoms with Crippen LogP contribution in [0.15, 0.2) is 60.8 Å². The Labute approximate surface area is 162 Å². The van der Waals surface area contributed by atoms with Gasteiger partial charge in [-0.15, -0.1) is 0 Å². The Balaban J connectivity index is 1.54. The van der Waals surface area contributed by atoms with Crippen LogP contribution in [-0.4, -0.2) is 38.3 Å². The Morgan fingerprint density at radius 2 is 1.89 bits per heavy atom. The van der Waals surface area contributed by atoms with Crippen molar-refractivity contribution in [1.82, 2.24) is 9.55 Å². The minimum absolute atomic E-state index is 0.278. The zero-order valence-corrected chi connectivity index (χ0v) is 15.7. The van der Waals surface area contributed by atoms with Crippen LogP contribution in [0.25, 0.3) is 21.8 Å². The van der Waals surface area contributed by atoms with E-state index in [1.165, 1.54) is 0 Å². The lowest BCUT2D eigenvalue weighted by Gasteiger charge is -2.26. The SMILES string of the molecule is CC(C)(Cn1ccc2ccccc21)OC(=O)c1ccc2[nH]c(B(O)O)cc2c1. The Hall–Kier alpha value is -3.03. The first kappa shape index (κ1) is 18.3. The van der Waals surface area contributed by atoms with Crippen LogP contribution in [0.5, 0.6) is 0 Å². The first-order chi connectivity index (χ1) is 13.3. The largest absolute Gasteiger partial charge is 0.505 e. The fourth-order valence-corrected chi connectivity index (χ4v) is 3.45. The lowest BCUT2D eigenvalue weighted by Crippen LogP contribution is -2.33. The van der Waals surface area contributed by atoms with Crippen molar-refractivity contribution in [2.45, 2.75) is 26.0 Å². The fraction of sp³-hybridized carbons (Fsp3) is 0.190. The van der Waals surface area contributed by atoms with Crippen LogP contribution < -0.4 is 5.59 Å². The predicted molar refractivity (Wildman–Crippen MR) is 110 cm³/mol. The summed E-state index contributed by atoms with van der Waals surface area (Å²) in [5.74, 6) is -0.421. The van der Waals surface area contributed by atoms with E-state index in [9.17, 15) is 14.8 Å². The molecule has 0 bridgehead atoms. The lowest BCUT2D eigenvalue weighted by molar-refractivity contribution is -0.00773. The van der Waals surface area contributed by atoms with Crippen LogP contribution in [0.4, 0.5) is 0 Å². The van der Waals surface area contributed by atoms with Crippen LogP contribution in [0.2, 0.25) is 0 Å². The minimum atomic E-state index is -1.59. The van der Waals surface area contributed by atoms with Gasteiger partial charge in [-0.05, 0) is 61.0 Å². The van der Waals surface area contributed by atoms with E-state index in [-0.39, 0.29) is 5.59 Å². The highest BCUT2D eigenvalue weighted by atomic mass is 16.6. The molecule has 0 atom stereocenters. The summed E-state index contributed by atoms with van der Waals surface area (Å²) >= 11 is 0. The first-order valence-corrected chi connectivity index (χ1v) is 9.08. The maximum absolute atomic E-state index is 12.7. The molecule has 0 aliphatic heterocycles. The molecule has 0 radical (unpaired) electrons. The standard InChI is InChI=1S/C21H21BN2O4/c1-21(2,13-24-10-9-14-5-3-4-6-18(14)24)28-20(25)15-7-8-17-16(11-15)12-19(23-17)22(26)27/h3-12,23,26-27H,13H2,1-2H3. The molecule has 2 aromatic heterocycles. The third kappa shape index (κ3) is 3.54. The molecular formula is C21H21BN2O4. The van der Waals surface area contributed by atoms with Crippen molar-refractivity contribution in [3.05, 3.63) is 66.4 Å². The molecule has 28 heavy (non-hydrogen) atoms. The minimum Gasteiger partial charge on any atom is -0.454 e. The molecule has 0 spiro atoms. The van der Waals surface area contributed by atoms with Gasteiger partial charge in [0.05, 0.1) is 12.1 Å². The molecular weight excluding hydrogens is 355 g/mol. The summed E-state index contributed by atoms with van der Waals surface area (Å²) in [6.07, 6.45) is 1.99. The zero-order valence-electron chi connectivity index (χ0n) is 15.7. The Morgan fingerprint density at radius 3 is 2.68 bits per heavy atom. The number of esters is 1. The monoisotopic (exact) mass is 376 g/mol. The molecule has 2 heterocycles. The second-order valence-electron chi connectivity index (χ2n) is 7.55. The number of carbonyl (C=O) groups is 1. The predicted octanol–water partition coefficient (Wildman–Crippen LogP) is 2.44. The number of ether oxygens (including phenoxy) is 1. The summed E-state index contributed by atoms with van der Waals surface area (Å²) in [5, 5.41) is 20.4. The zero-order chi connectivity index (χ0) is 19.9. The smallest absolute Gasteiger partial charge is 0.454 e. The number of rotatable bonds is 5. The number of H-pyrrole nitrogens is 1. The van der Waals surface area contributed by atoms with Crippen LogP contribution in [0, 0.1) is 0 Å². The van der Waals surface area contributed by atoms with Crippen LogP contribution in [0.1, 0.15) is 24.2 Å².